The van der Waals surface area contributed by atoms with E-state index in [2.05, 4.69) is 0 Å². The molecule has 3 rings (SSSR count). The zero-order valence-electron chi connectivity index (χ0n) is 12.7. The van der Waals surface area contributed by atoms with Crippen LogP contribution in [0.5, 0.6) is 0 Å². The third-order valence-corrected chi connectivity index (χ3v) is 6.38. The second-order valence-electron chi connectivity index (χ2n) is 5.81. The molecule has 2 aromatic rings. The van der Waals surface area contributed by atoms with Gasteiger partial charge in [-0.3, -0.25) is 4.79 Å². The van der Waals surface area contributed by atoms with Crippen LogP contribution in [0.2, 0.25) is 0 Å². The van der Waals surface area contributed by atoms with E-state index in [1.165, 1.54) is 0 Å². The number of carbonyl (C=O) groups is 1. The molecule has 1 aromatic carbocycles. The Hall–Kier alpha value is -1.82. The first-order valence-electron chi connectivity index (χ1n) is 7.37. The van der Waals surface area contributed by atoms with Crippen molar-refractivity contribution in [3.63, 3.8) is 0 Å². The molecule has 1 aromatic heterocycles. The lowest BCUT2D eigenvalue weighted by Gasteiger charge is -2.38. The Kier molecular flexibility index (Phi) is 3.72. The molecule has 1 aliphatic heterocycles. The summed E-state index contributed by atoms with van der Waals surface area (Å²) < 4.78 is 28.9. The van der Waals surface area contributed by atoms with Crippen LogP contribution < -0.4 is 0 Å². The summed E-state index contributed by atoms with van der Waals surface area (Å²) >= 11 is 0. The quantitative estimate of drug-likeness (QED) is 0.863. The van der Waals surface area contributed by atoms with E-state index in [-0.39, 0.29) is 18.1 Å². The fraction of sp³-hybridized carbons (Fsp3) is 0.438. The Bertz CT molecular complexity index is 816. The Morgan fingerprint density at radius 1 is 1.36 bits per heavy atom. The van der Waals surface area contributed by atoms with Crippen LogP contribution in [0.4, 0.5) is 0 Å². The Labute approximate surface area is 129 Å². The van der Waals surface area contributed by atoms with Crippen LogP contribution >= 0.6 is 0 Å². The smallest absolute Gasteiger partial charge is 0.227 e. The van der Waals surface area contributed by atoms with Crippen molar-refractivity contribution in [1.82, 2.24) is 4.90 Å². The normalized spacial score (nSPS) is 16.0. The molecular weight excluding hydrogens is 302 g/mol. The van der Waals surface area contributed by atoms with Gasteiger partial charge in [-0.15, -0.1) is 0 Å². The number of nitrogens with zero attached hydrogens (tertiary/aromatic N) is 1. The van der Waals surface area contributed by atoms with E-state index in [9.17, 15) is 13.2 Å². The van der Waals surface area contributed by atoms with Gasteiger partial charge in [-0.05, 0) is 18.6 Å². The van der Waals surface area contributed by atoms with Gasteiger partial charge in [0, 0.05) is 29.8 Å². The molecule has 1 aliphatic rings. The third kappa shape index (κ3) is 2.63. The summed E-state index contributed by atoms with van der Waals surface area (Å²) in [6, 6.07) is 5.88. The lowest BCUT2D eigenvalue weighted by atomic mass is 10.1. The Morgan fingerprint density at radius 2 is 2.09 bits per heavy atom. The molecule has 0 spiro atoms. The number of fused-ring (bicyclic) bond motifs is 1. The van der Waals surface area contributed by atoms with Crippen molar-refractivity contribution in [3.05, 3.63) is 35.6 Å². The van der Waals surface area contributed by atoms with Crippen molar-refractivity contribution < 1.29 is 17.6 Å². The summed E-state index contributed by atoms with van der Waals surface area (Å²) in [5.74, 6) is 0.0802. The fourth-order valence-electron chi connectivity index (χ4n) is 2.71. The lowest BCUT2D eigenvalue weighted by molar-refractivity contribution is -0.133. The molecule has 0 N–H and O–H groups in total. The van der Waals surface area contributed by atoms with Crippen LogP contribution in [0.15, 0.2) is 28.9 Å². The fourth-order valence-corrected chi connectivity index (χ4v) is 3.99. The van der Waals surface area contributed by atoms with Crippen molar-refractivity contribution in [2.75, 3.05) is 18.8 Å². The van der Waals surface area contributed by atoms with Gasteiger partial charge in [0.15, 0.2) is 9.84 Å². The Balaban J connectivity index is 1.68. The Morgan fingerprint density at radius 3 is 2.77 bits per heavy atom. The number of likely N-dealkylation sites (tertiary alicyclic amines) is 1. The minimum absolute atomic E-state index is 0.0502. The van der Waals surface area contributed by atoms with E-state index >= 15 is 0 Å². The highest BCUT2D eigenvalue weighted by atomic mass is 32.2. The monoisotopic (exact) mass is 321 g/mol. The predicted molar refractivity (Wildman–Crippen MR) is 84.5 cm³/mol. The number of aryl methyl sites for hydroxylation is 1. The third-order valence-electron chi connectivity index (χ3n) is 4.26. The molecular formula is C16H19NO4S. The van der Waals surface area contributed by atoms with Crippen molar-refractivity contribution in [3.8, 4) is 0 Å². The molecule has 22 heavy (non-hydrogen) atoms. The number of hydrogen-bond donors (Lipinski definition) is 0. The zero-order valence-corrected chi connectivity index (χ0v) is 13.5. The van der Waals surface area contributed by atoms with Crippen LogP contribution in [0.1, 0.15) is 18.1 Å². The molecule has 1 amide bonds. The van der Waals surface area contributed by atoms with Crippen molar-refractivity contribution in [2.45, 2.75) is 25.5 Å². The SMILES string of the molecule is CCS(=O)(=O)C1CN(C(=O)Cc2coc3cc(C)ccc23)C1. The van der Waals surface area contributed by atoms with E-state index in [1.54, 1.807) is 18.1 Å². The van der Waals surface area contributed by atoms with Gasteiger partial charge < -0.3 is 9.32 Å². The summed E-state index contributed by atoms with van der Waals surface area (Å²) in [7, 11) is -3.04. The molecule has 0 atom stereocenters. The number of rotatable bonds is 4. The molecule has 0 saturated carbocycles. The molecule has 1 fully saturated rings. The first-order chi connectivity index (χ1) is 10.4. The maximum atomic E-state index is 12.3. The van der Waals surface area contributed by atoms with Crippen molar-refractivity contribution in [2.24, 2.45) is 0 Å². The van der Waals surface area contributed by atoms with Crippen LogP contribution in [-0.2, 0) is 21.1 Å². The maximum Gasteiger partial charge on any atom is 0.227 e. The molecule has 2 heterocycles. The van der Waals surface area contributed by atoms with Gasteiger partial charge in [0.25, 0.3) is 0 Å². The van der Waals surface area contributed by atoms with Gasteiger partial charge in [-0.25, -0.2) is 8.42 Å². The molecule has 1 saturated heterocycles. The standard InChI is InChI=1S/C16H19NO4S/c1-3-22(19,20)13-8-17(9-13)16(18)7-12-10-21-15-6-11(2)4-5-14(12)15/h4-6,10,13H,3,7-9H2,1-2H3. The van der Waals surface area contributed by atoms with E-state index in [0.29, 0.717) is 13.1 Å². The van der Waals surface area contributed by atoms with E-state index in [1.807, 2.05) is 25.1 Å². The molecule has 0 radical (unpaired) electrons. The number of hydrogen-bond acceptors (Lipinski definition) is 4. The molecule has 118 valence electrons. The van der Waals surface area contributed by atoms with E-state index in [4.69, 9.17) is 4.42 Å². The number of amides is 1. The number of sulfone groups is 1. The molecule has 6 heteroatoms. The van der Waals surface area contributed by atoms with Gasteiger partial charge in [-0.1, -0.05) is 19.1 Å². The van der Waals surface area contributed by atoms with Gasteiger partial charge in [0.1, 0.15) is 5.58 Å². The summed E-state index contributed by atoms with van der Waals surface area (Å²) in [4.78, 5) is 13.9. The van der Waals surface area contributed by atoms with Crippen LogP contribution in [0.3, 0.4) is 0 Å². The van der Waals surface area contributed by atoms with Crippen LogP contribution in [0.25, 0.3) is 11.0 Å². The summed E-state index contributed by atoms with van der Waals surface area (Å²) in [5, 5.41) is 0.544. The minimum atomic E-state index is -3.04. The van der Waals surface area contributed by atoms with Crippen molar-refractivity contribution >= 4 is 26.7 Å². The van der Waals surface area contributed by atoms with Gasteiger partial charge in [-0.2, -0.15) is 0 Å². The molecule has 5 nitrogen and oxygen atoms in total. The lowest BCUT2D eigenvalue weighted by Crippen LogP contribution is -2.57. The maximum absolute atomic E-state index is 12.3. The van der Waals surface area contributed by atoms with E-state index < -0.39 is 15.1 Å². The average molecular weight is 321 g/mol. The summed E-state index contributed by atoms with van der Waals surface area (Å²) in [6.45, 7) is 4.24. The first-order valence-corrected chi connectivity index (χ1v) is 9.08. The predicted octanol–water partition coefficient (Wildman–Crippen LogP) is 1.93. The highest BCUT2D eigenvalue weighted by molar-refractivity contribution is 7.92. The number of furan rings is 1. The second kappa shape index (κ2) is 5.43. The molecule has 0 aliphatic carbocycles. The summed E-state index contributed by atoms with van der Waals surface area (Å²) in [6.07, 6.45) is 1.86. The first kappa shape index (κ1) is 15.1. The largest absolute Gasteiger partial charge is 0.464 e. The molecule has 0 bridgehead atoms. The number of benzene rings is 1. The van der Waals surface area contributed by atoms with Gasteiger partial charge in [0.05, 0.1) is 17.9 Å². The van der Waals surface area contributed by atoms with Crippen LogP contribution in [0, 0.1) is 6.92 Å². The van der Waals surface area contributed by atoms with Gasteiger partial charge >= 0.3 is 0 Å². The topological polar surface area (TPSA) is 67.6 Å². The van der Waals surface area contributed by atoms with E-state index in [0.717, 1.165) is 22.1 Å². The highest BCUT2D eigenvalue weighted by Crippen LogP contribution is 2.24. The average Bonchev–Trinajstić information content (AvgIpc) is 2.79. The minimum Gasteiger partial charge on any atom is -0.464 e. The summed E-state index contributed by atoms with van der Waals surface area (Å²) in [5.41, 5.74) is 2.73. The number of carbonyl (C=O) groups excluding carboxylic acids is 1. The zero-order chi connectivity index (χ0) is 15.9. The second-order valence-corrected chi connectivity index (χ2v) is 8.38. The molecule has 0 unspecified atom stereocenters. The van der Waals surface area contributed by atoms with Gasteiger partial charge in [0.2, 0.25) is 5.91 Å². The van der Waals surface area contributed by atoms with Crippen molar-refractivity contribution in [1.29, 1.82) is 0 Å². The van der Waals surface area contributed by atoms with Crippen LogP contribution in [-0.4, -0.2) is 43.3 Å². The highest BCUT2D eigenvalue weighted by Gasteiger charge is 2.38.